The quantitative estimate of drug-likeness (QED) is 0.0978. The van der Waals surface area contributed by atoms with Gasteiger partial charge in [0, 0.05) is 13.0 Å². The number of nitrogens with zero attached hydrogens (tertiary/aromatic N) is 1. The summed E-state index contributed by atoms with van der Waals surface area (Å²) < 4.78 is 17.4. The maximum atomic E-state index is 14.2. The van der Waals surface area contributed by atoms with Crippen molar-refractivity contribution in [2.75, 3.05) is 0 Å². The highest BCUT2D eigenvalue weighted by atomic mass is 16.6. The topological polar surface area (TPSA) is 97.3 Å². The van der Waals surface area contributed by atoms with E-state index in [1.165, 1.54) is 6.07 Å². The Hall–Kier alpha value is -5.60. The van der Waals surface area contributed by atoms with Crippen molar-refractivity contribution in [1.82, 2.24) is 10.4 Å². The van der Waals surface area contributed by atoms with Crippen LogP contribution in [0.4, 0.5) is 4.79 Å². The molecule has 0 bridgehead atoms. The molecule has 0 spiro atoms. The van der Waals surface area contributed by atoms with Crippen LogP contribution in [0.1, 0.15) is 34.7 Å². The molecule has 0 radical (unpaired) electrons. The fraction of sp³-hybridized carbons (Fsp3) is 0.179. The van der Waals surface area contributed by atoms with E-state index in [9.17, 15) is 14.7 Å². The summed E-state index contributed by atoms with van der Waals surface area (Å²) >= 11 is 0. The number of phenols is 1. The van der Waals surface area contributed by atoms with Crippen LogP contribution in [0, 0.1) is 0 Å². The first kappa shape index (κ1) is 32.8. The van der Waals surface area contributed by atoms with Gasteiger partial charge in [0.05, 0.1) is 0 Å². The van der Waals surface area contributed by atoms with Gasteiger partial charge in [0.15, 0.2) is 11.5 Å². The number of phenolic OH excluding ortho intramolecular Hbond substituents is 1. The minimum atomic E-state index is -1.43. The van der Waals surface area contributed by atoms with Crippen molar-refractivity contribution in [3.05, 3.63) is 167 Å². The van der Waals surface area contributed by atoms with Gasteiger partial charge in [0.1, 0.15) is 25.4 Å². The molecule has 0 aliphatic heterocycles. The Balaban J connectivity index is 1.44. The van der Waals surface area contributed by atoms with E-state index in [0.29, 0.717) is 5.56 Å². The highest BCUT2D eigenvalue weighted by Gasteiger charge is 2.43. The number of amides is 1. The molecule has 0 unspecified atom stereocenters. The van der Waals surface area contributed by atoms with Crippen LogP contribution in [-0.4, -0.2) is 27.7 Å². The van der Waals surface area contributed by atoms with E-state index >= 15 is 0 Å². The fourth-order valence-electron chi connectivity index (χ4n) is 5.04. The molecule has 8 nitrogen and oxygen atoms in total. The van der Waals surface area contributed by atoms with Crippen molar-refractivity contribution < 1.29 is 28.9 Å². The standard InChI is InChI=1S/C39H38N2O6/c1-39(37(43)46-28-32-18-10-4-11-19-32,25-34-22-23-35(42)36(24-34)45-27-31-16-8-3-9-17-31)41(26-30-14-6-2-7-15-30)40-38(44)47-29-33-20-12-5-13-21-33/h2-24,42H,25-29H2,1H3,(H,40,44)/t39-/m0/s1. The molecule has 47 heavy (non-hydrogen) atoms. The Bertz CT molecular complexity index is 1720. The van der Waals surface area contributed by atoms with Crippen LogP contribution in [0.15, 0.2) is 140 Å². The molecule has 8 heteroatoms. The van der Waals surface area contributed by atoms with Crippen molar-refractivity contribution in [3.63, 3.8) is 0 Å². The third-order valence-corrected chi connectivity index (χ3v) is 7.68. The highest BCUT2D eigenvalue weighted by molar-refractivity contribution is 5.81. The van der Waals surface area contributed by atoms with Gasteiger partial charge in [-0.15, -0.1) is 0 Å². The Kier molecular flexibility index (Phi) is 11.2. The second kappa shape index (κ2) is 16.1. The number of ether oxygens (including phenoxy) is 3. The van der Waals surface area contributed by atoms with Crippen molar-refractivity contribution in [2.24, 2.45) is 0 Å². The molecule has 0 saturated heterocycles. The molecule has 1 atom stereocenters. The van der Waals surface area contributed by atoms with E-state index in [1.807, 2.05) is 121 Å². The van der Waals surface area contributed by atoms with E-state index in [1.54, 1.807) is 24.1 Å². The predicted molar refractivity (Wildman–Crippen MR) is 179 cm³/mol. The molecule has 0 aliphatic rings. The molecule has 5 rings (SSSR count). The number of rotatable bonds is 14. The molecule has 5 aromatic carbocycles. The van der Waals surface area contributed by atoms with E-state index < -0.39 is 17.6 Å². The lowest BCUT2D eigenvalue weighted by molar-refractivity contribution is -0.161. The lowest BCUT2D eigenvalue weighted by Gasteiger charge is -2.39. The number of esters is 1. The number of hydrogen-bond acceptors (Lipinski definition) is 7. The first-order valence-electron chi connectivity index (χ1n) is 15.4. The number of carbonyl (C=O) groups is 2. The van der Waals surface area contributed by atoms with Crippen molar-refractivity contribution in [3.8, 4) is 11.5 Å². The smallest absolute Gasteiger partial charge is 0.422 e. The van der Waals surface area contributed by atoms with Gasteiger partial charge < -0.3 is 19.3 Å². The van der Waals surface area contributed by atoms with Crippen LogP contribution < -0.4 is 10.2 Å². The van der Waals surface area contributed by atoms with Gasteiger partial charge in [-0.2, -0.15) is 5.01 Å². The molecular formula is C39H38N2O6. The molecule has 1 amide bonds. The number of aromatic hydroxyl groups is 1. The minimum absolute atomic E-state index is 0.0261. The number of hydrogen-bond donors (Lipinski definition) is 2. The average molecular weight is 631 g/mol. The fourth-order valence-corrected chi connectivity index (χ4v) is 5.04. The summed E-state index contributed by atoms with van der Waals surface area (Å²) in [5.41, 5.74) is 5.55. The second-order valence-electron chi connectivity index (χ2n) is 11.3. The molecule has 0 aromatic heterocycles. The summed E-state index contributed by atoms with van der Waals surface area (Å²) in [6, 6.07) is 42.9. The summed E-state index contributed by atoms with van der Waals surface area (Å²) in [6.07, 6.45) is -0.613. The third-order valence-electron chi connectivity index (χ3n) is 7.68. The normalized spacial score (nSPS) is 12.1. The largest absolute Gasteiger partial charge is 0.504 e. The number of nitrogens with one attached hydrogen (secondary N) is 1. The van der Waals surface area contributed by atoms with Crippen LogP contribution in [0.5, 0.6) is 11.5 Å². The van der Waals surface area contributed by atoms with Crippen LogP contribution in [0.3, 0.4) is 0 Å². The summed E-state index contributed by atoms with van der Waals surface area (Å²) in [6.45, 7) is 2.25. The molecule has 0 saturated carbocycles. The van der Waals surface area contributed by atoms with Gasteiger partial charge in [-0.1, -0.05) is 127 Å². The third kappa shape index (κ3) is 9.45. The Morgan fingerprint density at radius 3 is 1.68 bits per heavy atom. The van der Waals surface area contributed by atoms with Crippen LogP contribution in [-0.2, 0) is 47.1 Å². The van der Waals surface area contributed by atoms with Gasteiger partial charge in [0.2, 0.25) is 0 Å². The van der Waals surface area contributed by atoms with Crippen LogP contribution >= 0.6 is 0 Å². The second-order valence-corrected chi connectivity index (χ2v) is 11.3. The minimum Gasteiger partial charge on any atom is -0.504 e. The molecule has 0 aliphatic carbocycles. The lowest BCUT2D eigenvalue weighted by atomic mass is 9.91. The Morgan fingerprint density at radius 1 is 0.638 bits per heavy atom. The van der Waals surface area contributed by atoms with Gasteiger partial charge in [-0.05, 0) is 46.9 Å². The zero-order valence-electron chi connectivity index (χ0n) is 26.3. The monoisotopic (exact) mass is 630 g/mol. The molecule has 2 N–H and O–H groups in total. The number of benzene rings is 5. The highest BCUT2D eigenvalue weighted by Crippen LogP contribution is 2.31. The van der Waals surface area contributed by atoms with Crippen LogP contribution in [0.2, 0.25) is 0 Å². The zero-order chi connectivity index (χ0) is 32.9. The summed E-state index contributed by atoms with van der Waals surface area (Å²) in [5.74, 6) is -0.307. The van der Waals surface area contributed by atoms with Gasteiger partial charge in [-0.3, -0.25) is 5.43 Å². The number of carbonyl (C=O) groups excluding carboxylic acids is 2. The summed E-state index contributed by atoms with van der Waals surface area (Å²) in [7, 11) is 0. The van der Waals surface area contributed by atoms with E-state index in [-0.39, 0.29) is 44.3 Å². The summed E-state index contributed by atoms with van der Waals surface area (Å²) in [4.78, 5) is 27.4. The maximum Gasteiger partial charge on any atom is 0.422 e. The first-order chi connectivity index (χ1) is 22.9. The average Bonchev–Trinajstić information content (AvgIpc) is 3.11. The zero-order valence-corrected chi connectivity index (χ0v) is 26.3. The maximum absolute atomic E-state index is 14.2. The Labute approximate surface area is 275 Å². The number of hydrazine groups is 1. The Morgan fingerprint density at radius 2 is 1.13 bits per heavy atom. The molecular weight excluding hydrogens is 592 g/mol. The van der Waals surface area contributed by atoms with Gasteiger partial charge >= 0.3 is 12.1 Å². The molecule has 5 aromatic rings. The summed E-state index contributed by atoms with van der Waals surface area (Å²) in [5, 5.41) is 12.2. The molecule has 240 valence electrons. The van der Waals surface area contributed by atoms with E-state index in [4.69, 9.17) is 14.2 Å². The molecule has 0 heterocycles. The SMILES string of the molecule is C[C@](Cc1ccc(O)c(OCc2ccccc2)c1)(C(=O)OCc1ccccc1)N(Cc1ccccc1)NC(=O)OCc1ccccc1. The lowest BCUT2D eigenvalue weighted by Crippen LogP contribution is -2.61. The molecule has 0 fully saturated rings. The predicted octanol–water partition coefficient (Wildman–Crippen LogP) is 7.36. The van der Waals surface area contributed by atoms with Crippen molar-refractivity contribution >= 4 is 12.1 Å². The van der Waals surface area contributed by atoms with Gasteiger partial charge in [0.25, 0.3) is 0 Å². The van der Waals surface area contributed by atoms with E-state index in [2.05, 4.69) is 5.43 Å². The van der Waals surface area contributed by atoms with E-state index in [0.717, 1.165) is 22.3 Å². The van der Waals surface area contributed by atoms with Gasteiger partial charge in [-0.25, -0.2) is 9.59 Å². The first-order valence-corrected chi connectivity index (χ1v) is 15.4. The van der Waals surface area contributed by atoms with Crippen molar-refractivity contribution in [2.45, 2.75) is 45.2 Å². The van der Waals surface area contributed by atoms with Crippen LogP contribution in [0.25, 0.3) is 0 Å². The van der Waals surface area contributed by atoms with Crippen molar-refractivity contribution in [1.29, 1.82) is 0 Å².